The summed E-state index contributed by atoms with van der Waals surface area (Å²) < 4.78 is 51.6. The van der Waals surface area contributed by atoms with Crippen LogP contribution in [0, 0.1) is 13.8 Å². The van der Waals surface area contributed by atoms with Crippen molar-refractivity contribution in [3.8, 4) is 0 Å². The molecule has 3 heterocycles. The van der Waals surface area contributed by atoms with E-state index in [1.807, 2.05) is 48.6 Å². The van der Waals surface area contributed by atoms with Gasteiger partial charge >= 0.3 is 6.36 Å². The van der Waals surface area contributed by atoms with Crippen molar-refractivity contribution < 1.29 is 22.6 Å². The lowest BCUT2D eigenvalue weighted by Gasteiger charge is -2.40. The average Bonchev–Trinajstić information content (AvgIpc) is 2.95. The summed E-state index contributed by atoms with van der Waals surface area (Å²) in [6, 6.07) is 10.3. The molecule has 0 saturated carbocycles. The molecule has 0 spiro atoms. The average molecular weight is 391 g/mol. The van der Waals surface area contributed by atoms with E-state index >= 15 is 0 Å². The van der Waals surface area contributed by atoms with Gasteiger partial charge in [0.1, 0.15) is 12.2 Å². The first-order chi connectivity index (χ1) is 13.3. The summed E-state index contributed by atoms with van der Waals surface area (Å²) >= 11 is 0. The summed E-state index contributed by atoms with van der Waals surface area (Å²) in [7, 11) is 1.39. The number of hydrogen-bond donors (Lipinski definition) is 1. The van der Waals surface area contributed by atoms with Gasteiger partial charge in [0.25, 0.3) is 0 Å². The molecular formula is C20H20F3N3O2. The summed E-state index contributed by atoms with van der Waals surface area (Å²) in [4.78, 5) is 4.56. The van der Waals surface area contributed by atoms with Gasteiger partial charge in [0.15, 0.2) is 5.65 Å². The number of aromatic nitrogens is 2. The van der Waals surface area contributed by atoms with Crippen LogP contribution in [0.4, 0.5) is 18.9 Å². The molecule has 1 aliphatic heterocycles. The largest absolute Gasteiger partial charge is 0.523 e. The van der Waals surface area contributed by atoms with Gasteiger partial charge in [-0.1, -0.05) is 30.3 Å². The van der Waals surface area contributed by atoms with Gasteiger partial charge in [-0.25, -0.2) is 4.98 Å². The molecule has 0 bridgehead atoms. The lowest BCUT2D eigenvalue weighted by atomic mass is 9.88. The number of benzene rings is 1. The van der Waals surface area contributed by atoms with Gasteiger partial charge in [0.05, 0.1) is 17.4 Å². The number of alkyl halides is 3. The number of hydrogen-bond acceptors (Lipinski definition) is 4. The van der Waals surface area contributed by atoms with E-state index in [2.05, 4.69) is 15.0 Å². The number of aryl methyl sites for hydroxylation is 2. The molecule has 5 nitrogen and oxygen atoms in total. The molecule has 3 atom stereocenters. The van der Waals surface area contributed by atoms with Crippen LogP contribution in [0.2, 0.25) is 0 Å². The molecule has 4 rings (SSSR count). The molecule has 3 unspecified atom stereocenters. The predicted octanol–water partition coefficient (Wildman–Crippen LogP) is 4.71. The van der Waals surface area contributed by atoms with Crippen LogP contribution < -0.4 is 5.32 Å². The Balaban J connectivity index is 1.92. The second kappa shape index (κ2) is 6.79. The van der Waals surface area contributed by atoms with Gasteiger partial charge in [-0.2, -0.15) is 0 Å². The van der Waals surface area contributed by atoms with Gasteiger partial charge in [-0.05, 0) is 25.5 Å². The maximum atomic E-state index is 13.2. The summed E-state index contributed by atoms with van der Waals surface area (Å²) in [5.74, 6) is 0. The van der Waals surface area contributed by atoms with Crippen molar-refractivity contribution in [1.29, 1.82) is 0 Å². The van der Waals surface area contributed by atoms with Crippen LogP contribution in [0.3, 0.4) is 0 Å². The third-order valence-electron chi connectivity index (χ3n) is 5.23. The Hall–Kier alpha value is -2.58. The molecule has 0 saturated heterocycles. The highest BCUT2D eigenvalue weighted by molar-refractivity contribution is 5.75. The maximum absolute atomic E-state index is 13.2. The molecule has 1 N–H and O–H groups in total. The monoisotopic (exact) mass is 391 g/mol. The van der Waals surface area contributed by atoms with E-state index in [0.717, 1.165) is 17.0 Å². The van der Waals surface area contributed by atoms with Crippen LogP contribution in [-0.4, -0.2) is 29.0 Å². The van der Waals surface area contributed by atoms with Crippen molar-refractivity contribution in [2.24, 2.45) is 0 Å². The Morgan fingerprint density at radius 1 is 1.11 bits per heavy atom. The Labute approximate surface area is 160 Å². The van der Waals surface area contributed by atoms with Gasteiger partial charge in [-0.3, -0.25) is 4.74 Å². The lowest BCUT2D eigenvalue weighted by molar-refractivity contribution is -0.355. The summed E-state index contributed by atoms with van der Waals surface area (Å²) in [6.45, 7) is 3.79. The van der Waals surface area contributed by atoms with E-state index in [0.29, 0.717) is 16.9 Å². The zero-order valence-corrected chi connectivity index (χ0v) is 15.6. The number of methoxy groups -OCH3 is 1. The normalized spacial score (nSPS) is 22.1. The molecule has 1 aromatic carbocycles. The van der Waals surface area contributed by atoms with Crippen molar-refractivity contribution >= 4 is 11.3 Å². The number of rotatable bonds is 3. The van der Waals surface area contributed by atoms with E-state index in [4.69, 9.17) is 4.74 Å². The van der Waals surface area contributed by atoms with E-state index in [1.54, 1.807) is 12.3 Å². The number of ether oxygens (including phenoxy) is 2. The van der Waals surface area contributed by atoms with Gasteiger partial charge < -0.3 is 14.5 Å². The third kappa shape index (κ3) is 3.12. The maximum Gasteiger partial charge on any atom is 0.523 e. The minimum absolute atomic E-state index is 0.369. The third-order valence-corrected chi connectivity index (χ3v) is 5.23. The van der Waals surface area contributed by atoms with Crippen LogP contribution in [0.1, 0.15) is 34.7 Å². The Morgan fingerprint density at radius 3 is 2.46 bits per heavy atom. The molecule has 1 aliphatic rings. The van der Waals surface area contributed by atoms with Gasteiger partial charge in [0, 0.05) is 24.6 Å². The predicted molar refractivity (Wildman–Crippen MR) is 98.1 cm³/mol. The lowest BCUT2D eigenvalue weighted by Crippen LogP contribution is -2.41. The zero-order chi connectivity index (χ0) is 20.1. The number of halogens is 3. The fourth-order valence-corrected chi connectivity index (χ4v) is 3.79. The van der Waals surface area contributed by atoms with Crippen LogP contribution in [0.25, 0.3) is 5.65 Å². The minimum atomic E-state index is -4.80. The fourth-order valence-electron chi connectivity index (χ4n) is 3.79. The number of fused-ring (bicyclic) bond motifs is 3. The Kier molecular flexibility index (Phi) is 4.55. The summed E-state index contributed by atoms with van der Waals surface area (Å²) in [6.07, 6.45) is -5.29. The molecule has 3 aromatic rings. The number of nitrogens with one attached hydrogen (secondary N) is 1. The first kappa shape index (κ1) is 18.8. The van der Waals surface area contributed by atoms with Crippen molar-refractivity contribution in [2.75, 3.05) is 12.4 Å². The number of nitrogens with zero attached hydrogens (tertiary/aromatic N) is 2. The standard InChI is InChI=1S/C20H20F3N3O2/c1-11-12(2)26-10-9-14-16(19(26)24-11)25-15(13-7-5-4-6-8-13)18(27-3)17(14)28-20(21,22)23/h4-10,15,17-18,25H,1-3H3. The second-order valence-corrected chi connectivity index (χ2v) is 6.84. The first-order valence-corrected chi connectivity index (χ1v) is 8.87. The van der Waals surface area contributed by atoms with Crippen molar-refractivity contribution in [1.82, 2.24) is 9.38 Å². The molecule has 0 amide bonds. The van der Waals surface area contributed by atoms with E-state index in [9.17, 15) is 13.2 Å². The Morgan fingerprint density at radius 2 is 1.82 bits per heavy atom. The molecule has 28 heavy (non-hydrogen) atoms. The molecule has 148 valence electrons. The molecule has 0 radical (unpaired) electrons. The summed E-state index contributed by atoms with van der Waals surface area (Å²) in [5, 5.41) is 3.36. The number of imidazole rings is 1. The quantitative estimate of drug-likeness (QED) is 0.703. The molecule has 0 aliphatic carbocycles. The smallest absolute Gasteiger partial charge is 0.376 e. The van der Waals surface area contributed by atoms with E-state index in [-0.39, 0.29) is 0 Å². The second-order valence-electron chi connectivity index (χ2n) is 6.84. The van der Waals surface area contributed by atoms with Gasteiger partial charge in [0.2, 0.25) is 0 Å². The van der Waals surface area contributed by atoms with Crippen LogP contribution in [-0.2, 0) is 9.47 Å². The topological polar surface area (TPSA) is 47.8 Å². The fraction of sp³-hybridized carbons (Fsp3) is 0.350. The molecule has 8 heteroatoms. The SMILES string of the molecule is COC1C(c2ccccc2)Nc2c(ccn3c(C)c(C)nc23)C1OC(F)(F)F. The van der Waals surface area contributed by atoms with E-state index in [1.165, 1.54) is 7.11 Å². The van der Waals surface area contributed by atoms with Crippen molar-refractivity contribution in [3.63, 3.8) is 0 Å². The molecular weight excluding hydrogens is 371 g/mol. The highest BCUT2D eigenvalue weighted by atomic mass is 19.4. The van der Waals surface area contributed by atoms with Crippen LogP contribution in [0.15, 0.2) is 42.6 Å². The highest BCUT2D eigenvalue weighted by Crippen LogP contribution is 2.46. The minimum Gasteiger partial charge on any atom is -0.376 e. The van der Waals surface area contributed by atoms with Crippen LogP contribution >= 0.6 is 0 Å². The zero-order valence-electron chi connectivity index (χ0n) is 15.6. The summed E-state index contributed by atoms with van der Waals surface area (Å²) in [5.41, 5.74) is 4.01. The van der Waals surface area contributed by atoms with Crippen LogP contribution in [0.5, 0.6) is 0 Å². The highest BCUT2D eigenvalue weighted by Gasteiger charge is 2.45. The van der Waals surface area contributed by atoms with Gasteiger partial charge in [-0.15, -0.1) is 13.2 Å². The number of pyridine rings is 1. The molecule has 0 fully saturated rings. The van der Waals surface area contributed by atoms with E-state index < -0.39 is 24.6 Å². The van der Waals surface area contributed by atoms with Crippen molar-refractivity contribution in [3.05, 3.63) is 65.1 Å². The van der Waals surface area contributed by atoms with Crippen molar-refractivity contribution in [2.45, 2.75) is 38.5 Å². The Bertz CT molecular complexity index is 1000. The first-order valence-electron chi connectivity index (χ1n) is 8.87. The number of anilines is 1. The molecule has 2 aromatic heterocycles.